The fourth-order valence-electron chi connectivity index (χ4n) is 6.98. The first-order valence-electron chi connectivity index (χ1n) is 18.4. The molecule has 1 unspecified atom stereocenters. The zero-order chi connectivity index (χ0) is 39.4. The fraction of sp³-hybridized carbons (Fsp3) is 0.500. The van der Waals surface area contributed by atoms with E-state index < -0.39 is 64.3 Å². The maximum absolute atomic E-state index is 14.4. The van der Waals surface area contributed by atoms with Crippen molar-refractivity contribution < 1.29 is 32.9 Å². The largest absolute Gasteiger partial charge is 0.484 e. The number of aromatic nitrogens is 2. The van der Waals surface area contributed by atoms with Crippen molar-refractivity contribution >= 4 is 63.0 Å². The molecular weight excluding hydrogens is 763 g/mol. The van der Waals surface area contributed by atoms with Crippen molar-refractivity contribution in [3.05, 3.63) is 74.6 Å². The molecule has 3 aromatic rings. The number of benzene rings is 1. The van der Waals surface area contributed by atoms with Gasteiger partial charge in [0.2, 0.25) is 17.7 Å². The Morgan fingerprint density at radius 1 is 0.873 bits per heavy atom. The van der Waals surface area contributed by atoms with E-state index >= 15 is 0 Å². The zero-order valence-corrected chi connectivity index (χ0v) is 33.8. The van der Waals surface area contributed by atoms with Gasteiger partial charge in [-0.25, -0.2) is 9.97 Å². The van der Waals surface area contributed by atoms with E-state index in [2.05, 4.69) is 32.5 Å². The minimum atomic E-state index is -1.21. The summed E-state index contributed by atoms with van der Waals surface area (Å²) >= 11 is 2.44. The molecule has 0 saturated carbocycles. The first-order valence-corrected chi connectivity index (χ1v) is 21.9. The van der Waals surface area contributed by atoms with Gasteiger partial charge in [0.05, 0.1) is 12.1 Å². The van der Waals surface area contributed by atoms with Gasteiger partial charge in [-0.2, -0.15) is 0 Å². The molecule has 0 radical (unpaired) electrons. The van der Waals surface area contributed by atoms with Crippen molar-refractivity contribution in [2.75, 3.05) is 25.1 Å². The highest BCUT2D eigenvalue weighted by Crippen LogP contribution is 2.35. The normalized spacial score (nSPS) is 24.6. The number of thiazole rings is 2. The van der Waals surface area contributed by atoms with Gasteiger partial charge in [-0.15, -0.1) is 22.7 Å². The first-order chi connectivity index (χ1) is 26.2. The highest BCUT2D eigenvalue weighted by atomic mass is 32.2. The summed E-state index contributed by atoms with van der Waals surface area (Å²) in [5.41, 5.74) is 0.383. The lowest BCUT2D eigenvalue weighted by atomic mass is 10.0. The molecule has 14 nitrogen and oxygen atoms in total. The van der Waals surface area contributed by atoms with Crippen LogP contribution in [0.5, 0.6) is 5.75 Å². The molecule has 4 bridgehead atoms. The molecule has 55 heavy (non-hydrogen) atoms. The fourth-order valence-corrected chi connectivity index (χ4v) is 9.30. The van der Waals surface area contributed by atoms with Gasteiger partial charge in [0.1, 0.15) is 50.9 Å². The second-order valence-electron chi connectivity index (χ2n) is 14.6. The molecule has 5 amide bonds. The van der Waals surface area contributed by atoms with Gasteiger partial charge >= 0.3 is 0 Å². The molecule has 0 spiro atoms. The third-order valence-electron chi connectivity index (χ3n) is 10.0. The van der Waals surface area contributed by atoms with Crippen LogP contribution in [0.1, 0.15) is 102 Å². The summed E-state index contributed by atoms with van der Waals surface area (Å²) in [5.74, 6) is -1.39. The minimum Gasteiger partial charge on any atom is -0.484 e. The van der Waals surface area contributed by atoms with Crippen LogP contribution in [0.2, 0.25) is 0 Å². The van der Waals surface area contributed by atoms with Crippen LogP contribution in [0, 0.1) is 0 Å². The molecule has 17 heteroatoms. The predicted molar refractivity (Wildman–Crippen MR) is 210 cm³/mol. The lowest BCUT2D eigenvalue weighted by molar-refractivity contribution is -0.140. The lowest BCUT2D eigenvalue weighted by Crippen LogP contribution is -2.54. The lowest BCUT2D eigenvalue weighted by Gasteiger charge is -2.29. The maximum Gasteiger partial charge on any atom is 0.271 e. The van der Waals surface area contributed by atoms with Crippen molar-refractivity contribution in [1.29, 1.82) is 0 Å². The van der Waals surface area contributed by atoms with Gasteiger partial charge in [0.25, 0.3) is 11.8 Å². The Morgan fingerprint density at radius 2 is 1.44 bits per heavy atom. The van der Waals surface area contributed by atoms with Crippen molar-refractivity contribution in [1.82, 2.24) is 35.7 Å². The summed E-state index contributed by atoms with van der Waals surface area (Å²) < 4.78 is 18.1. The van der Waals surface area contributed by atoms with E-state index in [0.29, 0.717) is 54.5 Å². The molecule has 2 aromatic heterocycles. The number of carbonyl (C=O) groups excluding carboxylic acids is 5. The quantitative estimate of drug-likeness (QED) is 0.286. The van der Waals surface area contributed by atoms with Crippen LogP contribution in [0.25, 0.3) is 0 Å². The number of amides is 5. The van der Waals surface area contributed by atoms with Crippen LogP contribution in [-0.4, -0.2) is 102 Å². The van der Waals surface area contributed by atoms with Crippen LogP contribution in [-0.2, 0) is 31.6 Å². The molecule has 3 aliphatic heterocycles. The summed E-state index contributed by atoms with van der Waals surface area (Å²) in [4.78, 5) is 81.9. The van der Waals surface area contributed by atoms with E-state index in [9.17, 15) is 28.2 Å². The van der Waals surface area contributed by atoms with Crippen molar-refractivity contribution in [3.63, 3.8) is 0 Å². The van der Waals surface area contributed by atoms with Gasteiger partial charge in [0, 0.05) is 53.1 Å². The van der Waals surface area contributed by atoms with Crippen molar-refractivity contribution in [2.45, 2.75) is 95.1 Å². The Bertz CT molecular complexity index is 1960. The Morgan fingerprint density at radius 3 is 2.07 bits per heavy atom. The monoisotopic (exact) mass is 809 g/mol. The molecule has 294 valence electrons. The zero-order valence-electron chi connectivity index (χ0n) is 31.4. The number of nitrogens with one attached hydrogen (secondary N) is 3. The third-order valence-corrected chi connectivity index (χ3v) is 12.8. The highest BCUT2D eigenvalue weighted by Gasteiger charge is 2.40. The summed E-state index contributed by atoms with van der Waals surface area (Å²) in [5, 5.41) is 12.9. The summed E-state index contributed by atoms with van der Waals surface area (Å²) in [6, 6.07) is 3.48. The number of hydrogen-bond donors (Lipinski definition) is 3. The van der Waals surface area contributed by atoms with E-state index in [0.717, 1.165) is 5.56 Å². The molecule has 6 atom stereocenters. The predicted octanol–water partition coefficient (Wildman–Crippen LogP) is 3.70. The number of ether oxygens (including phenoxy) is 1. The van der Waals surface area contributed by atoms with Crippen LogP contribution in [0.3, 0.4) is 0 Å². The molecule has 6 rings (SSSR count). The summed E-state index contributed by atoms with van der Waals surface area (Å²) in [7, 11) is -1.21. The number of hydrogen-bond acceptors (Lipinski definition) is 11. The van der Waals surface area contributed by atoms with Crippen LogP contribution < -0.4 is 20.7 Å². The Hall–Kier alpha value is -4.48. The number of fused-ring (bicyclic) bond motifs is 7. The molecule has 2 saturated heterocycles. The van der Waals surface area contributed by atoms with Crippen LogP contribution >= 0.6 is 22.7 Å². The second kappa shape index (κ2) is 17.1. The Balaban J connectivity index is 1.33. The second-order valence-corrected chi connectivity index (χ2v) is 18.0. The highest BCUT2D eigenvalue weighted by molar-refractivity contribution is 7.84. The minimum absolute atomic E-state index is 0.0964. The topological polar surface area (TPSA) is 180 Å². The average Bonchev–Trinajstić information content (AvgIpc) is 3.99. The smallest absolute Gasteiger partial charge is 0.271 e. The Labute approximate surface area is 331 Å². The Kier molecular flexibility index (Phi) is 12.5. The summed E-state index contributed by atoms with van der Waals surface area (Å²) in [6.07, 6.45) is 5.89. The molecule has 2 fully saturated rings. The number of rotatable bonds is 8. The number of nitrogens with zero attached hydrogens (tertiary/aromatic N) is 4. The molecule has 5 heterocycles. The molecule has 1 aromatic carbocycles. The summed E-state index contributed by atoms with van der Waals surface area (Å²) in [6.45, 7) is 10.1. The van der Waals surface area contributed by atoms with Gasteiger partial charge < -0.3 is 30.5 Å². The first kappa shape index (κ1) is 40.2. The molecule has 3 N–H and O–H groups in total. The number of carbonyl (C=O) groups is 5. The van der Waals surface area contributed by atoms with E-state index in [4.69, 9.17) is 4.74 Å². The van der Waals surface area contributed by atoms with E-state index in [1.165, 1.54) is 27.6 Å². The van der Waals surface area contributed by atoms with Crippen LogP contribution in [0.15, 0.2) is 47.7 Å². The third kappa shape index (κ3) is 9.50. The molecular formula is C38H47N7O7S3. The van der Waals surface area contributed by atoms with Gasteiger partial charge in [-0.1, -0.05) is 18.7 Å². The van der Waals surface area contributed by atoms with Gasteiger partial charge in [-0.05, 0) is 76.6 Å². The van der Waals surface area contributed by atoms with E-state index in [1.807, 2.05) is 26.0 Å². The van der Waals surface area contributed by atoms with E-state index in [1.54, 1.807) is 47.0 Å². The van der Waals surface area contributed by atoms with Crippen LogP contribution in [0.4, 0.5) is 0 Å². The molecule has 0 aliphatic carbocycles. The van der Waals surface area contributed by atoms with Crippen molar-refractivity contribution in [2.24, 2.45) is 0 Å². The molecule has 3 aliphatic rings. The SMILES string of the molecule is C=CC(C)(C)Oc1ccc(C[C@@H]2NC(=O)c3csc(n3)[C@@H]3CCCN3C(=O)[C@H](CCS(C)=O)NC(=O)c3csc(n3)[C@H](C)NC(=O)[C@@H]3CCCN3C2=O)cc1. The maximum atomic E-state index is 14.4. The average molecular weight is 810 g/mol. The van der Waals surface area contributed by atoms with Gasteiger partial charge in [-0.3, -0.25) is 28.2 Å². The standard InChI is InChI=1S/C38H47N7O7S3/c1-6-38(3,4)52-24-13-11-23(12-14-24)19-26-37(50)44-16-7-9-29(44)33(48)39-22(2)34-42-27(20-53-34)31(46)40-25(15-18-55(5)51)36(49)45-17-8-10-30(45)35-43-28(21-54-35)32(47)41-26/h6,11-14,20-22,25-26,29-30H,1,7-10,15-19H2,2-5H3,(H,39,48)(H,40,46)(H,41,47)/t22-,25-,26-,29-,30-,55?/m0/s1. The van der Waals surface area contributed by atoms with E-state index in [-0.39, 0.29) is 41.8 Å². The van der Waals surface area contributed by atoms with Crippen molar-refractivity contribution in [3.8, 4) is 5.75 Å². The van der Waals surface area contributed by atoms with Gasteiger partial charge in [0.15, 0.2) is 0 Å².